The van der Waals surface area contributed by atoms with Crippen molar-refractivity contribution < 1.29 is 14.3 Å². The van der Waals surface area contributed by atoms with Crippen molar-refractivity contribution in [1.29, 1.82) is 0 Å². The number of nitrogens with zero attached hydrogens (tertiary/aromatic N) is 4. The molecule has 0 aliphatic carbocycles. The van der Waals surface area contributed by atoms with Crippen molar-refractivity contribution in [2.45, 2.75) is 12.6 Å². The van der Waals surface area contributed by atoms with Gasteiger partial charge in [-0.1, -0.05) is 47.7 Å². The smallest absolute Gasteiger partial charge is 0.274 e. The molecule has 2 aromatic carbocycles. The fourth-order valence-corrected chi connectivity index (χ4v) is 3.04. The second-order valence-electron chi connectivity index (χ2n) is 6.49. The highest BCUT2D eigenvalue weighted by Crippen LogP contribution is 2.29. The average Bonchev–Trinajstić information content (AvgIpc) is 3.15. The van der Waals surface area contributed by atoms with Gasteiger partial charge >= 0.3 is 0 Å². The van der Waals surface area contributed by atoms with Crippen LogP contribution in [0.4, 0.5) is 5.69 Å². The lowest BCUT2D eigenvalue weighted by molar-refractivity contribution is -0.120. The van der Waals surface area contributed by atoms with Gasteiger partial charge in [0, 0.05) is 7.05 Å². The largest absolute Gasteiger partial charge is 0.489 e. The summed E-state index contributed by atoms with van der Waals surface area (Å²) in [4.78, 5) is 26.8. The zero-order valence-electron chi connectivity index (χ0n) is 15.3. The highest BCUT2D eigenvalue weighted by atomic mass is 16.5. The first-order valence-corrected chi connectivity index (χ1v) is 8.86. The number of likely N-dealkylation sites (N-methyl/N-ethyl adjacent to an activating group) is 1. The summed E-state index contributed by atoms with van der Waals surface area (Å²) in [5.41, 5.74) is 1.86. The van der Waals surface area contributed by atoms with E-state index in [9.17, 15) is 9.59 Å². The molecule has 1 aliphatic rings. The maximum absolute atomic E-state index is 12.7. The quantitative estimate of drug-likeness (QED) is 0.744. The predicted octanol–water partition coefficient (Wildman–Crippen LogP) is 1.48. The van der Waals surface area contributed by atoms with Crippen LogP contribution in [0.2, 0.25) is 0 Å². The monoisotopic (exact) mass is 377 g/mol. The summed E-state index contributed by atoms with van der Waals surface area (Å²) in [6.45, 7) is 0.550. The third-order valence-electron chi connectivity index (χ3n) is 4.52. The molecule has 8 heteroatoms. The second kappa shape index (κ2) is 7.51. The topological polar surface area (TPSA) is 89.4 Å². The van der Waals surface area contributed by atoms with Gasteiger partial charge in [0.2, 0.25) is 0 Å². The molecule has 28 heavy (non-hydrogen) atoms. The summed E-state index contributed by atoms with van der Waals surface area (Å²) >= 11 is 0. The Hall–Kier alpha value is -3.68. The summed E-state index contributed by atoms with van der Waals surface area (Å²) in [5.74, 6) is -0.125. The van der Waals surface area contributed by atoms with Crippen molar-refractivity contribution in [3.8, 4) is 5.75 Å². The molecule has 0 spiro atoms. The Bertz CT molecular complexity index is 1000. The Morgan fingerprint density at radius 3 is 2.75 bits per heavy atom. The molecule has 142 valence electrons. The van der Waals surface area contributed by atoms with Gasteiger partial charge in [-0.25, -0.2) is 4.68 Å². The molecule has 1 aliphatic heterocycles. The van der Waals surface area contributed by atoms with Crippen molar-refractivity contribution >= 4 is 17.5 Å². The fraction of sp³-hybridized carbons (Fsp3) is 0.200. The lowest BCUT2D eigenvalue weighted by Gasteiger charge is -2.19. The number of fused-ring (bicyclic) bond motifs is 1. The van der Waals surface area contributed by atoms with Gasteiger partial charge in [0.25, 0.3) is 11.8 Å². The third kappa shape index (κ3) is 3.57. The van der Waals surface area contributed by atoms with Crippen LogP contribution in [-0.4, -0.2) is 46.5 Å². The summed E-state index contributed by atoms with van der Waals surface area (Å²) in [7, 11) is 1.66. The number of benzene rings is 2. The van der Waals surface area contributed by atoms with Gasteiger partial charge in [-0.15, -0.1) is 5.10 Å². The van der Waals surface area contributed by atoms with Crippen molar-refractivity contribution in [2.75, 3.05) is 18.6 Å². The molecule has 1 aromatic heterocycles. The van der Waals surface area contributed by atoms with Crippen molar-refractivity contribution in [2.24, 2.45) is 0 Å². The van der Waals surface area contributed by atoms with Gasteiger partial charge in [0.05, 0.1) is 18.4 Å². The standard InChI is InChI=1S/C20H19N5O3/c1-24-17-9-5-6-10-18(17)28-13-16(20(24)27)21-19(26)15-12-25(23-22-15)11-14-7-3-2-4-8-14/h2-10,12,16H,11,13H2,1H3,(H,21,26). The molecule has 0 saturated heterocycles. The molecule has 0 radical (unpaired) electrons. The van der Waals surface area contributed by atoms with Crippen molar-refractivity contribution in [3.05, 3.63) is 72.1 Å². The number of carbonyl (C=O) groups is 2. The number of ether oxygens (including phenoxy) is 1. The van der Waals surface area contributed by atoms with E-state index < -0.39 is 11.9 Å². The fourth-order valence-electron chi connectivity index (χ4n) is 3.04. The van der Waals surface area contributed by atoms with E-state index in [1.165, 1.54) is 4.90 Å². The first-order chi connectivity index (χ1) is 13.6. The van der Waals surface area contributed by atoms with E-state index in [1.807, 2.05) is 42.5 Å². The van der Waals surface area contributed by atoms with Crippen LogP contribution in [-0.2, 0) is 11.3 Å². The average molecular weight is 377 g/mol. The molecule has 0 saturated carbocycles. The van der Waals surface area contributed by atoms with Crippen molar-refractivity contribution in [1.82, 2.24) is 20.3 Å². The van der Waals surface area contributed by atoms with Crippen molar-refractivity contribution in [3.63, 3.8) is 0 Å². The molecule has 1 unspecified atom stereocenters. The first kappa shape index (κ1) is 17.7. The van der Waals surface area contributed by atoms with Gasteiger partial charge in [0.15, 0.2) is 5.69 Å². The van der Waals surface area contributed by atoms with Crippen LogP contribution in [0.15, 0.2) is 60.8 Å². The Kier molecular flexibility index (Phi) is 4.76. The molecule has 2 heterocycles. The number of hydrogen-bond donors (Lipinski definition) is 1. The summed E-state index contributed by atoms with van der Waals surface area (Å²) < 4.78 is 7.29. The molecule has 4 rings (SSSR count). The van der Waals surface area contributed by atoms with Crippen LogP contribution < -0.4 is 15.0 Å². The Morgan fingerprint density at radius 1 is 1.18 bits per heavy atom. The van der Waals surface area contributed by atoms with Crippen LogP contribution in [0.3, 0.4) is 0 Å². The second-order valence-corrected chi connectivity index (χ2v) is 6.49. The number of anilines is 1. The van der Waals surface area contributed by atoms with Crippen LogP contribution in [0.25, 0.3) is 0 Å². The molecule has 3 aromatic rings. The third-order valence-corrected chi connectivity index (χ3v) is 4.52. The Labute approximate surface area is 161 Å². The number of rotatable bonds is 4. The Balaban J connectivity index is 1.45. The van der Waals surface area contributed by atoms with E-state index >= 15 is 0 Å². The first-order valence-electron chi connectivity index (χ1n) is 8.86. The van der Waals surface area contributed by atoms with Crippen LogP contribution in [0, 0.1) is 0 Å². The normalized spacial score (nSPS) is 16.1. The zero-order chi connectivity index (χ0) is 19.5. The molecule has 0 fully saturated rings. The predicted molar refractivity (Wildman–Crippen MR) is 102 cm³/mol. The highest BCUT2D eigenvalue weighted by molar-refractivity contribution is 6.02. The zero-order valence-corrected chi connectivity index (χ0v) is 15.3. The minimum atomic E-state index is -0.816. The summed E-state index contributed by atoms with van der Waals surface area (Å²) in [6.07, 6.45) is 1.56. The minimum absolute atomic E-state index is 0.0457. The number of nitrogens with one attached hydrogen (secondary N) is 1. The van der Waals surface area contributed by atoms with Gasteiger partial charge in [-0.2, -0.15) is 0 Å². The number of para-hydroxylation sites is 2. The van der Waals surface area contributed by atoms with E-state index in [0.29, 0.717) is 18.0 Å². The van der Waals surface area contributed by atoms with E-state index in [0.717, 1.165) is 5.56 Å². The molecule has 1 atom stereocenters. The van der Waals surface area contributed by atoms with Gasteiger partial charge in [0.1, 0.15) is 18.4 Å². The van der Waals surface area contributed by atoms with Gasteiger partial charge < -0.3 is 15.0 Å². The van der Waals surface area contributed by atoms with Gasteiger partial charge in [-0.3, -0.25) is 9.59 Å². The lowest BCUT2D eigenvalue weighted by atomic mass is 10.2. The van der Waals surface area contributed by atoms with E-state index in [4.69, 9.17) is 4.74 Å². The van der Waals surface area contributed by atoms with Crippen LogP contribution >= 0.6 is 0 Å². The summed E-state index contributed by atoms with van der Waals surface area (Å²) in [5, 5.41) is 10.6. The van der Waals surface area contributed by atoms with Crippen LogP contribution in [0.5, 0.6) is 5.75 Å². The Morgan fingerprint density at radius 2 is 1.93 bits per heavy atom. The van der Waals surface area contributed by atoms with E-state index in [1.54, 1.807) is 30.1 Å². The van der Waals surface area contributed by atoms with E-state index in [2.05, 4.69) is 15.6 Å². The number of amides is 2. The number of carbonyl (C=O) groups excluding carboxylic acids is 2. The maximum atomic E-state index is 12.7. The molecule has 0 bridgehead atoms. The molecule has 2 amide bonds. The number of aromatic nitrogens is 3. The SMILES string of the molecule is CN1C(=O)C(NC(=O)c2cn(Cc3ccccc3)nn2)COc2ccccc21. The van der Waals surface area contributed by atoms with Crippen LogP contribution in [0.1, 0.15) is 16.1 Å². The molecule has 8 nitrogen and oxygen atoms in total. The molecular weight excluding hydrogens is 358 g/mol. The molecular formula is C20H19N5O3. The van der Waals surface area contributed by atoms with Gasteiger partial charge in [-0.05, 0) is 17.7 Å². The highest BCUT2D eigenvalue weighted by Gasteiger charge is 2.31. The number of hydrogen-bond acceptors (Lipinski definition) is 5. The van der Waals surface area contributed by atoms with E-state index in [-0.39, 0.29) is 18.2 Å². The lowest BCUT2D eigenvalue weighted by Crippen LogP contribution is -2.49. The summed E-state index contributed by atoms with van der Waals surface area (Å²) in [6, 6.07) is 16.2. The minimum Gasteiger partial charge on any atom is -0.489 e. The maximum Gasteiger partial charge on any atom is 0.274 e. The molecule has 1 N–H and O–H groups in total.